The molecule has 4 N–H and O–H groups in total. The summed E-state index contributed by atoms with van der Waals surface area (Å²) in [6.07, 6.45) is -4.98. The van der Waals surface area contributed by atoms with E-state index in [1.807, 2.05) is 0 Å². The van der Waals surface area contributed by atoms with Crippen LogP contribution in [0.15, 0.2) is 48.5 Å². The van der Waals surface area contributed by atoms with Crippen molar-refractivity contribution in [3.8, 4) is 5.75 Å². The van der Waals surface area contributed by atoms with Crippen molar-refractivity contribution < 1.29 is 27.5 Å². The van der Waals surface area contributed by atoms with E-state index in [9.17, 15) is 22.8 Å². The van der Waals surface area contributed by atoms with Crippen LogP contribution in [0.2, 0.25) is 5.02 Å². The molecule has 0 saturated carbocycles. The minimum absolute atomic E-state index is 0.0763. The predicted molar refractivity (Wildman–Crippen MR) is 115 cm³/mol. The third-order valence-electron chi connectivity index (χ3n) is 4.31. The summed E-state index contributed by atoms with van der Waals surface area (Å²) in [5.74, 6) is -1.96. The number of hydrogen-bond acceptors (Lipinski definition) is 7. The Balaban J connectivity index is 2.08. The van der Waals surface area contributed by atoms with Gasteiger partial charge in [-0.25, -0.2) is 4.98 Å². The first-order chi connectivity index (χ1) is 15.0. The molecule has 0 aliphatic rings. The second-order valence-electron chi connectivity index (χ2n) is 6.52. The molecule has 0 aliphatic carbocycles. The molecule has 0 spiro atoms. The molecule has 0 radical (unpaired) electrons. The van der Waals surface area contributed by atoms with E-state index in [4.69, 9.17) is 23.1 Å². The fraction of sp³-hybridized carbons (Fsp3) is 0.150. The van der Waals surface area contributed by atoms with Crippen molar-refractivity contribution in [3.63, 3.8) is 0 Å². The largest absolute Gasteiger partial charge is 0.573 e. The van der Waals surface area contributed by atoms with Crippen molar-refractivity contribution >= 4 is 51.3 Å². The summed E-state index contributed by atoms with van der Waals surface area (Å²) in [5.41, 5.74) is 11.8. The van der Waals surface area contributed by atoms with Crippen molar-refractivity contribution in [2.75, 3.05) is 10.6 Å². The molecular formula is C20H16ClF3N4O3S. The molecular weight excluding hydrogens is 469 g/mol. The summed E-state index contributed by atoms with van der Waals surface area (Å²) in [4.78, 5) is 30.3. The molecule has 0 aliphatic heterocycles. The number of primary amides is 1. The van der Waals surface area contributed by atoms with Gasteiger partial charge in [0, 0.05) is 17.3 Å². The fourth-order valence-corrected chi connectivity index (χ4v) is 3.98. The average molecular weight is 485 g/mol. The molecule has 7 nitrogen and oxygen atoms in total. The van der Waals surface area contributed by atoms with E-state index < -0.39 is 29.8 Å². The number of hydrogen-bond donors (Lipinski definition) is 2. The van der Waals surface area contributed by atoms with Gasteiger partial charge in [-0.3, -0.25) is 9.59 Å². The number of nitrogen functional groups attached to an aromatic ring is 1. The Morgan fingerprint density at radius 2 is 1.84 bits per heavy atom. The molecule has 0 fully saturated rings. The van der Waals surface area contributed by atoms with Crippen molar-refractivity contribution in [3.05, 3.63) is 64.0 Å². The van der Waals surface area contributed by atoms with Crippen molar-refractivity contribution in [2.45, 2.75) is 19.3 Å². The number of thiazole rings is 1. The van der Waals surface area contributed by atoms with E-state index in [1.54, 1.807) is 30.3 Å². The fourth-order valence-electron chi connectivity index (χ4n) is 2.78. The Kier molecular flexibility index (Phi) is 6.60. The second-order valence-corrected chi connectivity index (χ2v) is 7.90. The number of anilines is 3. The molecule has 1 amide bonds. The maximum absolute atomic E-state index is 12.8. The van der Waals surface area contributed by atoms with Crippen LogP contribution in [0, 0.1) is 0 Å². The summed E-state index contributed by atoms with van der Waals surface area (Å²) in [7, 11) is 0. The highest BCUT2D eigenvalue weighted by Crippen LogP contribution is 2.39. The number of halogens is 4. The zero-order valence-corrected chi connectivity index (χ0v) is 18.0. The van der Waals surface area contributed by atoms with Gasteiger partial charge in [-0.2, -0.15) is 0 Å². The van der Waals surface area contributed by atoms with E-state index in [2.05, 4.69) is 9.72 Å². The number of carbonyl (C=O) groups is 2. The molecule has 1 unspecified atom stereocenters. The van der Waals surface area contributed by atoms with Crippen LogP contribution < -0.4 is 21.1 Å². The highest BCUT2D eigenvalue weighted by molar-refractivity contribution is 7.18. The quantitative estimate of drug-likeness (QED) is 0.477. The minimum atomic E-state index is -4.98. The number of carbonyl (C=O) groups excluding carboxylic acids is 2. The third-order valence-corrected chi connectivity index (χ3v) is 5.69. The first kappa shape index (κ1) is 23.4. The highest BCUT2D eigenvalue weighted by Gasteiger charge is 2.33. The zero-order chi connectivity index (χ0) is 23.6. The molecule has 0 bridgehead atoms. The maximum atomic E-state index is 12.8. The number of ketones is 1. The summed E-state index contributed by atoms with van der Waals surface area (Å²) in [6, 6.07) is 10.8. The Morgan fingerprint density at radius 3 is 2.44 bits per heavy atom. The van der Waals surface area contributed by atoms with Gasteiger partial charge in [-0.05, 0) is 19.1 Å². The Labute approximate surface area is 189 Å². The van der Waals surface area contributed by atoms with Gasteiger partial charge in [0.05, 0.1) is 5.02 Å². The molecule has 1 atom stereocenters. The van der Waals surface area contributed by atoms with E-state index in [0.29, 0.717) is 5.56 Å². The molecule has 1 heterocycles. The molecule has 168 valence electrons. The van der Waals surface area contributed by atoms with E-state index >= 15 is 0 Å². The number of ether oxygens (including phenoxy) is 1. The van der Waals surface area contributed by atoms with Crippen LogP contribution in [-0.2, 0) is 4.79 Å². The minimum Gasteiger partial charge on any atom is -0.404 e. The van der Waals surface area contributed by atoms with Gasteiger partial charge in [0.25, 0.3) is 0 Å². The molecule has 32 heavy (non-hydrogen) atoms. The van der Waals surface area contributed by atoms with Crippen LogP contribution in [-0.4, -0.2) is 29.1 Å². The number of benzene rings is 2. The third kappa shape index (κ3) is 5.11. The maximum Gasteiger partial charge on any atom is 0.573 e. The Bertz CT molecular complexity index is 1150. The lowest BCUT2D eigenvalue weighted by Gasteiger charge is -2.27. The van der Waals surface area contributed by atoms with Crippen LogP contribution in [0.25, 0.3) is 0 Å². The van der Waals surface area contributed by atoms with Gasteiger partial charge in [0.2, 0.25) is 11.7 Å². The van der Waals surface area contributed by atoms with Crippen LogP contribution in [0.1, 0.15) is 22.2 Å². The van der Waals surface area contributed by atoms with Gasteiger partial charge in [0.15, 0.2) is 5.13 Å². The lowest BCUT2D eigenvalue weighted by molar-refractivity contribution is -0.274. The number of nitrogens with two attached hydrogens (primary N) is 2. The number of rotatable bonds is 7. The van der Waals surface area contributed by atoms with Crippen LogP contribution in [0.4, 0.5) is 29.8 Å². The molecule has 12 heteroatoms. The predicted octanol–water partition coefficient (Wildman–Crippen LogP) is 4.52. The summed E-state index contributed by atoms with van der Waals surface area (Å²) < 4.78 is 42.2. The summed E-state index contributed by atoms with van der Waals surface area (Å²) in [6.45, 7) is 1.43. The summed E-state index contributed by atoms with van der Waals surface area (Å²) >= 11 is 6.69. The Hall–Kier alpha value is -3.31. The highest BCUT2D eigenvalue weighted by atomic mass is 35.5. The van der Waals surface area contributed by atoms with Crippen molar-refractivity contribution in [2.24, 2.45) is 5.73 Å². The van der Waals surface area contributed by atoms with Crippen LogP contribution in [0.3, 0.4) is 0 Å². The van der Waals surface area contributed by atoms with Crippen molar-refractivity contribution in [1.82, 2.24) is 4.98 Å². The summed E-state index contributed by atoms with van der Waals surface area (Å²) in [5, 5.41) is -0.218. The number of nitrogens with zero attached hydrogens (tertiary/aromatic N) is 2. The monoisotopic (exact) mass is 484 g/mol. The van der Waals surface area contributed by atoms with Gasteiger partial charge >= 0.3 is 6.36 Å². The van der Waals surface area contributed by atoms with Crippen molar-refractivity contribution in [1.29, 1.82) is 0 Å². The first-order valence-corrected chi connectivity index (χ1v) is 10.2. The van der Waals surface area contributed by atoms with Gasteiger partial charge in [-0.15, -0.1) is 13.2 Å². The lowest BCUT2D eigenvalue weighted by atomic mass is 10.1. The lowest BCUT2D eigenvalue weighted by Crippen LogP contribution is -2.40. The SMILES string of the molecule is CC(C(N)=O)N(c1ccc(Cl)c(OC(F)(F)F)c1)c1nc(N)c(C(=O)c2ccccc2)s1. The molecule has 0 saturated heterocycles. The normalized spacial score (nSPS) is 12.3. The van der Waals surface area contributed by atoms with E-state index in [1.165, 1.54) is 24.0 Å². The van der Waals surface area contributed by atoms with Gasteiger partial charge in [-0.1, -0.05) is 53.3 Å². The smallest absolute Gasteiger partial charge is 0.404 e. The van der Waals surface area contributed by atoms with Crippen LogP contribution in [0.5, 0.6) is 5.75 Å². The Morgan fingerprint density at radius 1 is 1.19 bits per heavy atom. The number of alkyl halides is 3. The molecule has 1 aromatic heterocycles. The average Bonchev–Trinajstić information content (AvgIpc) is 3.10. The molecule has 2 aromatic carbocycles. The van der Waals surface area contributed by atoms with E-state index in [-0.39, 0.29) is 26.5 Å². The van der Waals surface area contributed by atoms with E-state index in [0.717, 1.165) is 17.4 Å². The zero-order valence-electron chi connectivity index (χ0n) is 16.4. The van der Waals surface area contributed by atoms with Crippen LogP contribution >= 0.6 is 22.9 Å². The standard InChI is InChI=1S/C20H16ClF3N4O3S/c1-10(18(26)30)28(12-7-8-13(21)14(9-12)31-20(22,23)24)19-27-17(25)16(32-19)15(29)11-5-3-2-4-6-11/h2-10H,25H2,1H3,(H2,26,30). The topological polar surface area (TPSA) is 112 Å². The number of aromatic nitrogens is 1. The molecule has 3 aromatic rings. The van der Waals surface area contributed by atoms with Gasteiger partial charge in [0.1, 0.15) is 22.5 Å². The van der Waals surface area contributed by atoms with Gasteiger partial charge < -0.3 is 21.1 Å². The molecule has 3 rings (SSSR count). The number of amides is 1. The second kappa shape index (κ2) is 9.05. The first-order valence-electron chi connectivity index (χ1n) is 8.98.